The van der Waals surface area contributed by atoms with Gasteiger partial charge in [-0.25, -0.2) is 4.98 Å². The number of aromatic amines is 1. The Morgan fingerprint density at radius 3 is 2.58 bits per heavy atom. The van der Waals surface area contributed by atoms with E-state index in [-0.39, 0.29) is 30.7 Å². The standard InChI is InChI=1S/C24H33N5O4/c1-2-33-21(30)15-27-24(32)20-14-26-22(28-20)19(12-16-6-4-3-5-7-16)29-23(31)18-10-8-17(13-25)9-11-18/h3-7,14,17-19H,2,8-13,15,25H2,1H3,(H,26,28)(H,27,32)(H,29,31)/t17?,18?,19-/m0/s1. The van der Waals surface area contributed by atoms with Crippen molar-refractivity contribution in [2.24, 2.45) is 17.6 Å². The molecule has 1 aliphatic rings. The van der Waals surface area contributed by atoms with Gasteiger partial charge in [0.15, 0.2) is 0 Å². The summed E-state index contributed by atoms with van der Waals surface area (Å²) in [4.78, 5) is 44.3. The van der Waals surface area contributed by atoms with Crippen molar-refractivity contribution in [3.63, 3.8) is 0 Å². The summed E-state index contributed by atoms with van der Waals surface area (Å²) in [6.45, 7) is 2.39. The van der Waals surface area contributed by atoms with E-state index in [9.17, 15) is 14.4 Å². The number of benzene rings is 1. The summed E-state index contributed by atoms with van der Waals surface area (Å²) >= 11 is 0. The van der Waals surface area contributed by atoms with Gasteiger partial charge in [-0.15, -0.1) is 0 Å². The first-order valence-electron chi connectivity index (χ1n) is 11.5. The summed E-state index contributed by atoms with van der Waals surface area (Å²) in [6, 6.07) is 9.38. The summed E-state index contributed by atoms with van der Waals surface area (Å²) in [5, 5.41) is 5.64. The molecule has 0 unspecified atom stereocenters. The zero-order valence-electron chi connectivity index (χ0n) is 19.0. The first-order valence-corrected chi connectivity index (χ1v) is 11.5. The van der Waals surface area contributed by atoms with E-state index in [1.807, 2.05) is 30.3 Å². The molecule has 9 heteroatoms. The highest BCUT2D eigenvalue weighted by molar-refractivity contribution is 5.94. The zero-order valence-corrected chi connectivity index (χ0v) is 19.0. The molecule has 9 nitrogen and oxygen atoms in total. The smallest absolute Gasteiger partial charge is 0.325 e. The third-order valence-corrected chi connectivity index (χ3v) is 6.02. The number of hydrogen-bond acceptors (Lipinski definition) is 6. The van der Waals surface area contributed by atoms with E-state index in [0.717, 1.165) is 31.2 Å². The highest BCUT2D eigenvalue weighted by Gasteiger charge is 2.28. The number of carbonyl (C=O) groups is 3. The fourth-order valence-corrected chi connectivity index (χ4v) is 4.10. The Labute approximate surface area is 193 Å². The molecule has 3 rings (SSSR count). The Kier molecular flexibility index (Phi) is 9.00. The molecule has 1 atom stereocenters. The van der Waals surface area contributed by atoms with E-state index in [1.165, 1.54) is 6.20 Å². The van der Waals surface area contributed by atoms with Crippen LogP contribution >= 0.6 is 0 Å². The third kappa shape index (κ3) is 7.15. The van der Waals surface area contributed by atoms with E-state index in [2.05, 4.69) is 20.6 Å². The fourth-order valence-electron chi connectivity index (χ4n) is 4.10. The molecule has 1 aromatic carbocycles. The van der Waals surface area contributed by atoms with Crippen molar-refractivity contribution < 1.29 is 19.1 Å². The summed E-state index contributed by atoms with van der Waals surface area (Å²) in [6.07, 6.45) is 5.51. The Balaban J connectivity index is 1.68. The van der Waals surface area contributed by atoms with Crippen LogP contribution in [0.4, 0.5) is 0 Å². The molecule has 0 bridgehead atoms. The number of carbonyl (C=O) groups excluding carboxylic acids is 3. The van der Waals surface area contributed by atoms with Crippen molar-refractivity contribution in [3.8, 4) is 0 Å². The normalized spacial score (nSPS) is 18.8. The molecule has 1 heterocycles. The predicted octanol–water partition coefficient (Wildman–Crippen LogP) is 1.87. The van der Waals surface area contributed by atoms with Gasteiger partial charge in [-0.2, -0.15) is 0 Å². The summed E-state index contributed by atoms with van der Waals surface area (Å²) in [5.41, 5.74) is 7.03. The van der Waals surface area contributed by atoms with Crippen molar-refractivity contribution in [2.45, 2.75) is 45.1 Å². The number of nitrogens with one attached hydrogen (secondary N) is 3. The molecule has 178 valence electrons. The van der Waals surface area contributed by atoms with Gasteiger partial charge in [0.05, 0.1) is 18.8 Å². The minimum absolute atomic E-state index is 0.00360. The molecule has 1 aromatic heterocycles. The number of nitrogens with two attached hydrogens (primary N) is 1. The average molecular weight is 456 g/mol. The Hall–Kier alpha value is -3.20. The zero-order chi connectivity index (χ0) is 23.6. The monoisotopic (exact) mass is 455 g/mol. The molecule has 2 aromatic rings. The van der Waals surface area contributed by atoms with Crippen LogP contribution in [0.2, 0.25) is 0 Å². The number of nitrogens with zero attached hydrogens (tertiary/aromatic N) is 1. The molecular weight excluding hydrogens is 422 g/mol. The van der Waals surface area contributed by atoms with Crippen LogP contribution in [0, 0.1) is 11.8 Å². The number of aromatic nitrogens is 2. The van der Waals surface area contributed by atoms with E-state index in [0.29, 0.717) is 24.7 Å². The molecule has 1 aliphatic carbocycles. The second-order valence-electron chi connectivity index (χ2n) is 8.37. The van der Waals surface area contributed by atoms with Gasteiger partial charge in [-0.05, 0) is 57.1 Å². The Morgan fingerprint density at radius 1 is 1.18 bits per heavy atom. The van der Waals surface area contributed by atoms with Crippen LogP contribution in [0.3, 0.4) is 0 Å². The molecule has 5 N–H and O–H groups in total. The van der Waals surface area contributed by atoms with Gasteiger partial charge in [0, 0.05) is 5.92 Å². The molecule has 0 saturated heterocycles. The lowest BCUT2D eigenvalue weighted by Gasteiger charge is -2.28. The molecular formula is C24H33N5O4. The SMILES string of the molecule is CCOC(=O)CNC(=O)c1cnc([C@H](Cc2ccccc2)NC(=O)C2CCC(CN)CC2)[nH]1. The minimum Gasteiger partial charge on any atom is -0.465 e. The number of H-pyrrole nitrogens is 1. The van der Waals surface area contributed by atoms with Gasteiger partial charge >= 0.3 is 5.97 Å². The lowest BCUT2D eigenvalue weighted by atomic mass is 9.81. The van der Waals surface area contributed by atoms with Crippen molar-refractivity contribution in [1.29, 1.82) is 0 Å². The summed E-state index contributed by atoms with van der Waals surface area (Å²) in [7, 11) is 0. The number of hydrogen-bond donors (Lipinski definition) is 4. The second kappa shape index (κ2) is 12.2. The first kappa shape index (κ1) is 24.4. The second-order valence-corrected chi connectivity index (χ2v) is 8.37. The van der Waals surface area contributed by atoms with Gasteiger partial charge in [0.1, 0.15) is 18.1 Å². The van der Waals surface area contributed by atoms with Crippen molar-refractivity contribution >= 4 is 17.8 Å². The van der Waals surface area contributed by atoms with Gasteiger partial charge in [0.25, 0.3) is 5.91 Å². The Bertz CT molecular complexity index is 922. The van der Waals surface area contributed by atoms with E-state index in [1.54, 1.807) is 6.92 Å². The molecule has 2 amide bonds. The highest BCUT2D eigenvalue weighted by Crippen LogP contribution is 2.29. The van der Waals surface area contributed by atoms with Crippen LogP contribution < -0.4 is 16.4 Å². The van der Waals surface area contributed by atoms with Gasteiger partial charge in [-0.3, -0.25) is 14.4 Å². The summed E-state index contributed by atoms with van der Waals surface area (Å²) < 4.78 is 4.82. The summed E-state index contributed by atoms with van der Waals surface area (Å²) in [5.74, 6) is -0.0422. The van der Waals surface area contributed by atoms with Crippen molar-refractivity contribution in [1.82, 2.24) is 20.6 Å². The van der Waals surface area contributed by atoms with Crippen LogP contribution in [0.5, 0.6) is 0 Å². The molecule has 1 fully saturated rings. The maximum Gasteiger partial charge on any atom is 0.325 e. The molecule has 33 heavy (non-hydrogen) atoms. The largest absolute Gasteiger partial charge is 0.465 e. The van der Waals surface area contributed by atoms with Crippen LogP contribution in [0.15, 0.2) is 36.5 Å². The maximum absolute atomic E-state index is 13.0. The quantitative estimate of drug-likeness (QED) is 0.403. The molecule has 1 saturated carbocycles. The van der Waals surface area contributed by atoms with Gasteiger partial charge in [0.2, 0.25) is 5.91 Å². The van der Waals surface area contributed by atoms with Gasteiger partial charge in [-0.1, -0.05) is 30.3 Å². The minimum atomic E-state index is -0.510. The van der Waals surface area contributed by atoms with E-state index in [4.69, 9.17) is 10.5 Å². The predicted molar refractivity (Wildman–Crippen MR) is 123 cm³/mol. The third-order valence-electron chi connectivity index (χ3n) is 6.02. The van der Waals surface area contributed by atoms with Crippen LogP contribution in [-0.2, 0) is 20.7 Å². The van der Waals surface area contributed by atoms with Crippen LogP contribution in [0.25, 0.3) is 0 Å². The Morgan fingerprint density at radius 2 is 1.91 bits per heavy atom. The number of esters is 1. The molecule has 0 radical (unpaired) electrons. The number of ether oxygens (including phenoxy) is 1. The first-order chi connectivity index (χ1) is 16.0. The number of imidazole rings is 1. The van der Waals surface area contributed by atoms with Crippen molar-refractivity contribution in [2.75, 3.05) is 19.7 Å². The number of amides is 2. The highest BCUT2D eigenvalue weighted by atomic mass is 16.5. The van der Waals surface area contributed by atoms with Crippen molar-refractivity contribution in [3.05, 3.63) is 53.6 Å². The lowest BCUT2D eigenvalue weighted by Crippen LogP contribution is -2.37. The van der Waals surface area contributed by atoms with Crippen LogP contribution in [0.1, 0.15) is 60.5 Å². The van der Waals surface area contributed by atoms with Crippen LogP contribution in [-0.4, -0.2) is 47.4 Å². The number of rotatable bonds is 10. The maximum atomic E-state index is 13.0. The fraction of sp³-hybridized carbons (Fsp3) is 0.500. The average Bonchev–Trinajstić information content (AvgIpc) is 3.33. The lowest BCUT2D eigenvalue weighted by molar-refractivity contribution is -0.141. The van der Waals surface area contributed by atoms with Gasteiger partial charge < -0.3 is 26.1 Å². The topological polar surface area (TPSA) is 139 Å². The molecule has 0 aliphatic heterocycles. The molecule has 0 spiro atoms. The van der Waals surface area contributed by atoms with E-state index >= 15 is 0 Å². The van der Waals surface area contributed by atoms with E-state index < -0.39 is 17.9 Å².